The van der Waals surface area contributed by atoms with E-state index in [1.54, 1.807) is 13.0 Å². The van der Waals surface area contributed by atoms with Gasteiger partial charge in [0.1, 0.15) is 5.75 Å². The Morgan fingerprint density at radius 3 is 2.40 bits per heavy atom. The molecule has 1 heterocycles. The van der Waals surface area contributed by atoms with Crippen LogP contribution >= 0.6 is 0 Å². The van der Waals surface area contributed by atoms with Gasteiger partial charge in [-0.15, -0.1) is 0 Å². The highest BCUT2D eigenvalue weighted by atomic mass is 16.8. The third-order valence-electron chi connectivity index (χ3n) is 4.14. The van der Waals surface area contributed by atoms with Crippen LogP contribution in [0.1, 0.15) is 43.0 Å². The lowest BCUT2D eigenvalue weighted by molar-refractivity contribution is -0.119. The summed E-state index contributed by atoms with van der Waals surface area (Å²) in [5.74, 6) is 0.116. The van der Waals surface area contributed by atoms with Crippen molar-refractivity contribution in [2.45, 2.75) is 47.3 Å². The first-order chi connectivity index (χ1) is 11.7. The summed E-state index contributed by atoms with van der Waals surface area (Å²) in [6, 6.07) is 1.86. The molecular formula is C19H22O6. The first kappa shape index (κ1) is 18.7. The highest BCUT2D eigenvalue weighted by molar-refractivity contribution is 6.21. The van der Waals surface area contributed by atoms with E-state index in [1.807, 2.05) is 19.9 Å². The van der Waals surface area contributed by atoms with Crippen molar-refractivity contribution in [1.29, 1.82) is 0 Å². The van der Waals surface area contributed by atoms with Crippen LogP contribution in [0.4, 0.5) is 4.79 Å². The summed E-state index contributed by atoms with van der Waals surface area (Å²) in [7, 11) is 0. The zero-order valence-electron chi connectivity index (χ0n) is 15.1. The molecule has 0 spiro atoms. The number of allylic oxidation sites excluding steroid dienone is 1. The van der Waals surface area contributed by atoms with Crippen LogP contribution in [0, 0.1) is 13.8 Å². The molecule has 1 aliphatic rings. The van der Waals surface area contributed by atoms with Crippen LogP contribution in [-0.4, -0.2) is 30.6 Å². The third kappa shape index (κ3) is 4.07. The van der Waals surface area contributed by atoms with E-state index in [9.17, 15) is 14.4 Å². The number of hydrogen-bond donors (Lipinski definition) is 0. The zero-order valence-corrected chi connectivity index (χ0v) is 15.1. The lowest BCUT2D eigenvalue weighted by atomic mass is 9.95. The molecule has 0 bridgehead atoms. The fourth-order valence-electron chi connectivity index (χ4n) is 2.74. The second-order valence-corrected chi connectivity index (χ2v) is 5.93. The molecule has 0 aromatic heterocycles. The van der Waals surface area contributed by atoms with E-state index in [4.69, 9.17) is 14.2 Å². The van der Waals surface area contributed by atoms with Crippen molar-refractivity contribution in [3.05, 3.63) is 33.9 Å². The van der Waals surface area contributed by atoms with Crippen molar-refractivity contribution < 1.29 is 28.6 Å². The minimum Gasteiger partial charge on any atom is -0.454 e. The average Bonchev–Trinajstić information content (AvgIpc) is 2.91. The Morgan fingerprint density at radius 2 is 1.84 bits per heavy atom. The molecule has 0 saturated carbocycles. The van der Waals surface area contributed by atoms with E-state index in [0.717, 1.165) is 22.3 Å². The van der Waals surface area contributed by atoms with Crippen molar-refractivity contribution in [2.24, 2.45) is 0 Å². The van der Waals surface area contributed by atoms with Crippen LogP contribution in [0.25, 0.3) is 6.08 Å². The number of carbonyl (C=O) groups is 3. The molecule has 25 heavy (non-hydrogen) atoms. The van der Waals surface area contributed by atoms with Gasteiger partial charge in [-0.25, -0.2) is 4.79 Å². The molecule has 0 saturated heterocycles. The standard InChI is InChI=1S/C19H22O6/c1-6-23-19(22)25-17-9-15-7-14(8-16(12(4)20)13(5)21)10(2)11(3)18(15)24-17/h7-8,17H,6,9H2,1-5H3. The SMILES string of the molecule is CCOC(=O)OC1Cc2cc(C=C(C(C)=O)C(C)=O)c(C)c(C)c2O1. The monoisotopic (exact) mass is 346 g/mol. The van der Waals surface area contributed by atoms with Crippen molar-refractivity contribution in [1.82, 2.24) is 0 Å². The van der Waals surface area contributed by atoms with Gasteiger partial charge in [0.05, 0.1) is 18.6 Å². The molecule has 1 atom stereocenters. The van der Waals surface area contributed by atoms with Crippen molar-refractivity contribution in [3.63, 3.8) is 0 Å². The van der Waals surface area contributed by atoms with Gasteiger partial charge < -0.3 is 14.2 Å². The van der Waals surface area contributed by atoms with Gasteiger partial charge in [-0.3, -0.25) is 9.59 Å². The summed E-state index contributed by atoms with van der Waals surface area (Å²) in [5, 5.41) is 0. The Balaban J connectivity index is 2.34. The summed E-state index contributed by atoms with van der Waals surface area (Å²) in [5.41, 5.74) is 3.56. The highest BCUT2D eigenvalue weighted by Crippen LogP contribution is 2.37. The lowest BCUT2D eigenvalue weighted by Crippen LogP contribution is -2.22. The Hall–Kier alpha value is -2.63. The van der Waals surface area contributed by atoms with Gasteiger partial charge in [-0.05, 0) is 63.5 Å². The molecule has 1 aromatic carbocycles. The number of Topliss-reactive ketones (excluding diaryl/α,β-unsaturated/α-hetero) is 2. The highest BCUT2D eigenvalue weighted by Gasteiger charge is 2.29. The Morgan fingerprint density at radius 1 is 1.20 bits per heavy atom. The van der Waals surface area contributed by atoms with Crippen molar-refractivity contribution >= 4 is 23.8 Å². The molecule has 0 fully saturated rings. The van der Waals surface area contributed by atoms with Gasteiger partial charge in [0, 0.05) is 5.56 Å². The summed E-state index contributed by atoms with van der Waals surface area (Å²) in [6.07, 6.45) is 0.468. The second kappa shape index (κ2) is 7.51. The molecule has 6 nitrogen and oxygen atoms in total. The number of ether oxygens (including phenoxy) is 3. The van der Waals surface area contributed by atoms with Crippen LogP contribution in [0.5, 0.6) is 5.75 Å². The molecule has 0 amide bonds. The minimum absolute atomic E-state index is 0.153. The molecular weight excluding hydrogens is 324 g/mol. The number of ketones is 2. The number of rotatable bonds is 5. The molecule has 0 N–H and O–H groups in total. The number of benzene rings is 1. The van der Waals surface area contributed by atoms with Gasteiger partial charge in [-0.2, -0.15) is 0 Å². The maximum Gasteiger partial charge on any atom is 0.511 e. The third-order valence-corrected chi connectivity index (χ3v) is 4.14. The summed E-state index contributed by atoms with van der Waals surface area (Å²) in [6.45, 7) is 8.44. The number of carbonyl (C=O) groups excluding carboxylic acids is 3. The number of fused-ring (bicyclic) bond motifs is 1. The fourth-order valence-corrected chi connectivity index (χ4v) is 2.74. The Kier molecular flexibility index (Phi) is 5.62. The quantitative estimate of drug-likeness (QED) is 0.352. The Labute approximate surface area is 146 Å². The first-order valence-corrected chi connectivity index (χ1v) is 8.11. The predicted octanol–water partition coefficient (Wildman–Crippen LogP) is 3.30. The summed E-state index contributed by atoms with van der Waals surface area (Å²) in [4.78, 5) is 34.8. The predicted molar refractivity (Wildman–Crippen MR) is 91.5 cm³/mol. The van der Waals surface area contributed by atoms with E-state index < -0.39 is 12.4 Å². The molecule has 134 valence electrons. The van der Waals surface area contributed by atoms with E-state index in [2.05, 4.69) is 0 Å². The van der Waals surface area contributed by atoms with Gasteiger partial charge in [0.25, 0.3) is 6.29 Å². The van der Waals surface area contributed by atoms with Crippen LogP contribution in [0.2, 0.25) is 0 Å². The average molecular weight is 346 g/mol. The smallest absolute Gasteiger partial charge is 0.454 e. The molecule has 2 rings (SSSR count). The van der Waals surface area contributed by atoms with Gasteiger partial charge >= 0.3 is 6.16 Å². The second-order valence-electron chi connectivity index (χ2n) is 5.93. The van der Waals surface area contributed by atoms with E-state index in [-0.39, 0.29) is 23.7 Å². The first-order valence-electron chi connectivity index (χ1n) is 8.11. The van der Waals surface area contributed by atoms with Crippen LogP contribution in [0.3, 0.4) is 0 Å². The maximum absolute atomic E-state index is 11.7. The van der Waals surface area contributed by atoms with E-state index in [1.165, 1.54) is 13.8 Å². The summed E-state index contributed by atoms with van der Waals surface area (Å²) >= 11 is 0. The largest absolute Gasteiger partial charge is 0.511 e. The molecule has 0 aliphatic carbocycles. The van der Waals surface area contributed by atoms with Gasteiger partial charge in [0.15, 0.2) is 11.6 Å². The molecule has 1 aliphatic heterocycles. The van der Waals surface area contributed by atoms with Crippen LogP contribution < -0.4 is 4.74 Å². The topological polar surface area (TPSA) is 78.9 Å². The molecule has 1 aromatic rings. The van der Waals surface area contributed by atoms with Crippen molar-refractivity contribution in [3.8, 4) is 5.75 Å². The zero-order chi connectivity index (χ0) is 18.7. The minimum atomic E-state index is -0.773. The fraction of sp³-hybridized carbons (Fsp3) is 0.421. The number of hydrogen-bond acceptors (Lipinski definition) is 6. The van der Waals surface area contributed by atoms with Gasteiger partial charge in [-0.1, -0.05) is 0 Å². The normalized spacial score (nSPS) is 15.0. The summed E-state index contributed by atoms with van der Waals surface area (Å²) < 4.78 is 15.6. The molecule has 1 unspecified atom stereocenters. The van der Waals surface area contributed by atoms with E-state index in [0.29, 0.717) is 12.2 Å². The van der Waals surface area contributed by atoms with Crippen molar-refractivity contribution in [2.75, 3.05) is 6.61 Å². The van der Waals surface area contributed by atoms with Crippen LogP contribution in [0.15, 0.2) is 11.6 Å². The molecule has 6 heteroatoms. The molecule has 0 radical (unpaired) electrons. The van der Waals surface area contributed by atoms with Crippen LogP contribution in [-0.2, 0) is 25.5 Å². The maximum atomic E-state index is 11.7. The Bertz CT molecular complexity index is 744. The van der Waals surface area contributed by atoms with Gasteiger partial charge in [0.2, 0.25) is 0 Å². The lowest BCUT2D eigenvalue weighted by Gasteiger charge is -2.13. The van der Waals surface area contributed by atoms with E-state index >= 15 is 0 Å².